The first-order chi connectivity index (χ1) is 8.38. The summed E-state index contributed by atoms with van der Waals surface area (Å²) in [5, 5.41) is 0. The lowest BCUT2D eigenvalue weighted by molar-refractivity contribution is -0.114. The number of carbonyl (C=O) groups excluding carboxylic acids is 1. The first kappa shape index (κ1) is 14.7. The zero-order valence-electron chi connectivity index (χ0n) is 11.2. The Kier molecular flexibility index (Phi) is 8.28. The van der Waals surface area contributed by atoms with Crippen LogP contribution in [0.1, 0.15) is 51.9 Å². The van der Waals surface area contributed by atoms with Crippen molar-refractivity contribution in [2.75, 3.05) is 26.3 Å². The van der Waals surface area contributed by atoms with Gasteiger partial charge in [0.25, 0.3) is 0 Å². The second-order valence-corrected chi connectivity index (χ2v) is 4.91. The van der Waals surface area contributed by atoms with Gasteiger partial charge in [0.05, 0.1) is 19.3 Å². The van der Waals surface area contributed by atoms with Crippen LogP contribution < -0.4 is 0 Å². The number of hydrogen-bond acceptors (Lipinski definition) is 3. The molecule has 1 unspecified atom stereocenters. The molecule has 1 fully saturated rings. The van der Waals surface area contributed by atoms with Crippen molar-refractivity contribution in [2.24, 2.45) is 0 Å². The molecule has 1 aliphatic heterocycles. The van der Waals surface area contributed by atoms with E-state index in [1.807, 2.05) is 0 Å². The summed E-state index contributed by atoms with van der Waals surface area (Å²) in [4.78, 5) is 13.4. The average Bonchev–Trinajstić information content (AvgIpc) is 2.39. The van der Waals surface area contributed by atoms with Gasteiger partial charge in [-0.2, -0.15) is 0 Å². The second kappa shape index (κ2) is 9.60. The molecular formula is C14H27NO2. The minimum Gasteiger partial charge on any atom is -0.379 e. The number of hydrogen-bond donors (Lipinski definition) is 0. The standard InChI is InChI=1S/C14H27NO2/c1-2-3-4-5-6-7-8-14(13-16)15-9-11-17-12-10-15/h13-14H,2-12H2,1H3. The van der Waals surface area contributed by atoms with Crippen LogP contribution in [0.25, 0.3) is 0 Å². The molecule has 0 bridgehead atoms. The molecule has 1 heterocycles. The molecule has 1 atom stereocenters. The number of aldehydes is 1. The van der Waals surface area contributed by atoms with Crippen LogP contribution in [0.2, 0.25) is 0 Å². The van der Waals surface area contributed by atoms with Gasteiger partial charge in [0.2, 0.25) is 0 Å². The van der Waals surface area contributed by atoms with Crippen molar-refractivity contribution in [2.45, 2.75) is 57.9 Å². The van der Waals surface area contributed by atoms with Crippen LogP contribution in [0.3, 0.4) is 0 Å². The Bertz CT molecular complexity index is 191. The summed E-state index contributed by atoms with van der Waals surface area (Å²) in [5.41, 5.74) is 0. The highest BCUT2D eigenvalue weighted by Crippen LogP contribution is 2.12. The minimum absolute atomic E-state index is 0.130. The molecule has 1 saturated heterocycles. The monoisotopic (exact) mass is 241 g/mol. The maximum Gasteiger partial charge on any atom is 0.137 e. The van der Waals surface area contributed by atoms with E-state index in [1.165, 1.54) is 38.5 Å². The summed E-state index contributed by atoms with van der Waals surface area (Å²) < 4.78 is 5.31. The molecule has 0 saturated carbocycles. The molecule has 3 nitrogen and oxygen atoms in total. The number of carbonyl (C=O) groups is 1. The molecule has 0 aromatic carbocycles. The van der Waals surface area contributed by atoms with Crippen molar-refractivity contribution in [3.8, 4) is 0 Å². The number of ether oxygens (including phenoxy) is 1. The van der Waals surface area contributed by atoms with Crippen LogP contribution in [0.5, 0.6) is 0 Å². The van der Waals surface area contributed by atoms with Gasteiger partial charge < -0.3 is 9.53 Å². The topological polar surface area (TPSA) is 29.5 Å². The highest BCUT2D eigenvalue weighted by molar-refractivity contribution is 5.57. The van der Waals surface area contributed by atoms with Gasteiger partial charge in [-0.1, -0.05) is 45.4 Å². The molecule has 17 heavy (non-hydrogen) atoms. The number of morpholine rings is 1. The molecule has 0 N–H and O–H groups in total. The molecule has 0 spiro atoms. The maximum absolute atomic E-state index is 11.1. The molecule has 0 radical (unpaired) electrons. The molecule has 100 valence electrons. The summed E-state index contributed by atoms with van der Waals surface area (Å²) in [6.45, 7) is 5.63. The van der Waals surface area contributed by atoms with Crippen molar-refractivity contribution >= 4 is 6.29 Å². The highest BCUT2D eigenvalue weighted by atomic mass is 16.5. The second-order valence-electron chi connectivity index (χ2n) is 4.91. The molecule has 1 rings (SSSR count). The van der Waals surface area contributed by atoms with Gasteiger partial charge in [0.15, 0.2) is 0 Å². The first-order valence-corrected chi connectivity index (χ1v) is 7.15. The van der Waals surface area contributed by atoms with E-state index in [2.05, 4.69) is 11.8 Å². The van der Waals surface area contributed by atoms with Crippen molar-refractivity contribution in [1.82, 2.24) is 4.90 Å². The lowest BCUT2D eigenvalue weighted by Crippen LogP contribution is -2.44. The highest BCUT2D eigenvalue weighted by Gasteiger charge is 2.19. The van der Waals surface area contributed by atoms with Gasteiger partial charge in [-0.05, 0) is 6.42 Å². The van der Waals surface area contributed by atoms with Gasteiger partial charge in [0, 0.05) is 13.1 Å². The van der Waals surface area contributed by atoms with Gasteiger partial charge >= 0.3 is 0 Å². The van der Waals surface area contributed by atoms with E-state index >= 15 is 0 Å². The van der Waals surface area contributed by atoms with Gasteiger partial charge in [-0.3, -0.25) is 4.90 Å². The van der Waals surface area contributed by atoms with E-state index in [0.29, 0.717) is 0 Å². The predicted octanol–water partition coefficient (Wildman–Crippen LogP) is 2.64. The Labute approximate surface area is 106 Å². The zero-order chi connectivity index (χ0) is 12.3. The van der Waals surface area contributed by atoms with Crippen molar-refractivity contribution in [1.29, 1.82) is 0 Å². The average molecular weight is 241 g/mol. The molecule has 0 aromatic heterocycles. The minimum atomic E-state index is 0.130. The number of rotatable bonds is 9. The van der Waals surface area contributed by atoms with E-state index in [-0.39, 0.29) is 6.04 Å². The summed E-state index contributed by atoms with van der Waals surface area (Å²) in [6, 6.07) is 0.130. The molecule has 3 heteroatoms. The Morgan fingerprint density at radius 1 is 1.12 bits per heavy atom. The largest absolute Gasteiger partial charge is 0.379 e. The summed E-state index contributed by atoms with van der Waals surface area (Å²) in [7, 11) is 0. The Morgan fingerprint density at radius 2 is 1.76 bits per heavy atom. The smallest absolute Gasteiger partial charge is 0.137 e. The molecule has 0 amide bonds. The third-order valence-corrected chi connectivity index (χ3v) is 3.53. The van der Waals surface area contributed by atoms with Crippen LogP contribution in [0.15, 0.2) is 0 Å². The van der Waals surface area contributed by atoms with E-state index in [1.54, 1.807) is 0 Å². The number of unbranched alkanes of at least 4 members (excludes halogenated alkanes) is 5. The van der Waals surface area contributed by atoms with Gasteiger partial charge in [-0.25, -0.2) is 0 Å². The fraction of sp³-hybridized carbons (Fsp3) is 0.929. The lowest BCUT2D eigenvalue weighted by atomic mass is 10.1. The lowest BCUT2D eigenvalue weighted by Gasteiger charge is -2.31. The summed E-state index contributed by atoms with van der Waals surface area (Å²) >= 11 is 0. The third-order valence-electron chi connectivity index (χ3n) is 3.53. The Hall–Kier alpha value is -0.410. The van der Waals surface area contributed by atoms with E-state index in [4.69, 9.17) is 4.74 Å². The number of nitrogens with zero attached hydrogens (tertiary/aromatic N) is 1. The van der Waals surface area contributed by atoms with Crippen LogP contribution in [0, 0.1) is 0 Å². The van der Waals surface area contributed by atoms with Crippen molar-refractivity contribution < 1.29 is 9.53 Å². The van der Waals surface area contributed by atoms with E-state index in [0.717, 1.165) is 39.0 Å². The van der Waals surface area contributed by atoms with Gasteiger partial charge in [-0.15, -0.1) is 0 Å². The van der Waals surface area contributed by atoms with Gasteiger partial charge in [0.1, 0.15) is 6.29 Å². The van der Waals surface area contributed by atoms with Crippen LogP contribution >= 0.6 is 0 Å². The molecule has 0 aromatic rings. The third kappa shape index (κ3) is 6.18. The normalized spacial score (nSPS) is 19.1. The van der Waals surface area contributed by atoms with E-state index < -0.39 is 0 Å². The Morgan fingerprint density at radius 3 is 2.41 bits per heavy atom. The molecule has 1 aliphatic rings. The Balaban J connectivity index is 2.07. The predicted molar refractivity (Wildman–Crippen MR) is 70.2 cm³/mol. The van der Waals surface area contributed by atoms with E-state index in [9.17, 15) is 4.79 Å². The molecular weight excluding hydrogens is 214 g/mol. The van der Waals surface area contributed by atoms with Crippen molar-refractivity contribution in [3.63, 3.8) is 0 Å². The summed E-state index contributed by atoms with van der Waals surface area (Å²) in [5.74, 6) is 0. The fourth-order valence-electron chi connectivity index (χ4n) is 2.38. The SMILES string of the molecule is CCCCCCCCC(C=O)N1CCOCC1. The van der Waals surface area contributed by atoms with Crippen LogP contribution in [-0.4, -0.2) is 43.5 Å². The van der Waals surface area contributed by atoms with Crippen LogP contribution in [-0.2, 0) is 9.53 Å². The zero-order valence-corrected chi connectivity index (χ0v) is 11.2. The first-order valence-electron chi connectivity index (χ1n) is 7.15. The fourth-order valence-corrected chi connectivity index (χ4v) is 2.38. The quantitative estimate of drug-likeness (QED) is 0.459. The maximum atomic E-state index is 11.1. The molecule has 0 aliphatic carbocycles. The van der Waals surface area contributed by atoms with Crippen LogP contribution in [0.4, 0.5) is 0 Å². The summed E-state index contributed by atoms with van der Waals surface area (Å²) in [6.07, 6.45) is 9.92. The van der Waals surface area contributed by atoms with Crippen molar-refractivity contribution in [3.05, 3.63) is 0 Å².